The van der Waals surface area contributed by atoms with Gasteiger partial charge < -0.3 is 29.4 Å². The van der Waals surface area contributed by atoms with Crippen LogP contribution in [-0.2, 0) is 33.3 Å². The smallest absolute Gasteiger partial charge is 0.306 e. The molecule has 4 aliphatic carbocycles. The highest BCUT2D eigenvalue weighted by molar-refractivity contribution is 5.69. The summed E-state index contributed by atoms with van der Waals surface area (Å²) in [5, 5.41) is 13.5. The van der Waals surface area contributed by atoms with Gasteiger partial charge in [-0.3, -0.25) is 14.4 Å². The molecule has 0 aromatic carbocycles. The number of hydrogen-bond acceptors (Lipinski definition) is 9. The van der Waals surface area contributed by atoms with E-state index in [1.54, 1.807) is 0 Å². The fourth-order valence-corrected chi connectivity index (χ4v) is 11.3. The molecule has 250 valence electrons. The number of ether oxygens (including phenoxy) is 4. The van der Waals surface area contributed by atoms with Crippen LogP contribution in [0.25, 0.3) is 0 Å². The first-order valence-electron chi connectivity index (χ1n) is 17.3. The Hall–Kier alpha value is -1.71. The molecule has 5 aliphatic rings. The van der Waals surface area contributed by atoms with Crippen molar-refractivity contribution >= 4 is 18.9 Å². The highest BCUT2D eigenvalue weighted by Crippen LogP contribution is 2.69. The summed E-state index contributed by atoms with van der Waals surface area (Å²) in [5.41, 5.74) is -0.664. The van der Waals surface area contributed by atoms with Crippen LogP contribution in [0, 0.1) is 52.3 Å². The van der Waals surface area contributed by atoms with Crippen molar-refractivity contribution in [2.45, 2.75) is 129 Å². The fourth-order valence-electron chi connectivity index (χ4n) is 11.3. The lowest BCUT2D eigenvalue weighted by Gasteiger charge is -2.64. The van der Waals surface area contributed by atoms with Crippen molar-refractivity contribution < 1.29 is 38.4 Å². The number of aliphatic hydroxyl groups excluding tert-OH is 1. The molecule has 0 bridgehead atoms. The van der Waals surface area contributed by atoms with Gasteiger partial charge in [0.15, 0.2) is 0 Å². The van der Waals surface area contributed by atoms with Crippen LogP contribution in [0.5, 0.6) is 0 Å². The first-order chi connectivity index (χ1) is 21.0. The van der Waals surface area contributed by atoms with Crippen molar-refractivity contribution in [2.24, 2.45) is 52.3 Å². The molecule has 4 saturated carbocycles. The molecule has 3 unspecified atom stereocenters. The molecule has 44 heavy (non-hydrogen) atoms. The lowest BCUT2D eigenvalue weighted by Crippen LogP contribution is -2.63. The summed E-state index contributed by atoms with van der Waals surface area (Å²) in [6, 6.07) is 0. The molecule has 1 saturated heterocycles. The maximum atomic E-state index is 13.1. The summed E-state index contributed by atoms with van der Waals surface area (Å²) < 4.78 is 23.6. The van der Waals surface area contributed by atoms with Gasteiger partial charge >= 0.3 is 5.97 Å². The molecule has 9 nitrogen and oxygen atoms in total. The molecular weight excluding hydrogens is 562 g/mol. The molecule has 5 rings (SSSR count). The van der Waals surface area contributed by atoms with Crippen LogP contribution >= 0.6 is 0 Å². The third-order valence-corrected chi connectivity index (χ3v) is 13.7. The van der Waals surface area contributed by atoms with Crippen LogP contribution in [-0.4, -0.2) is 67.8 Å². The van der Waals surface area contributed by atoms with E-state index in [1.165, 1.54) is 0 Å². The number of aliphatic hydroxyl groups is 1. The molecule has 0 aromatic rings. The number of hydrogen-bond donors (Lipinski definition) is 2. The molecule has 2 N–H and O–H groups in total. The Labute approximate surface area is 263 Å². The van der Waals surface area contributed by atoms with Gasteiger partial charge in [-0.15, -0.1) is 0 Å². The van der Waals surface area contributed by atoms with Crippen molar-refractivity contribution in [3.8, 4) is 0 Å². The minimum absolute atomic E-state index is 0.0171. The number of carbonyl (C=O) groups excluding carboxylic acids is 3. The largest absolute Gasteiger partial charge is 0.465 e. The number of esters is 1. The van der Waals surface area contributed by atoms with Gasteiger partial charge in [0.25, 0.3) is 12.9 Å². The topological polar surface area (TPSA) is 120 Å². The van der Waals surface area contributed by atoms with Gasteiger partial charge in [-0.05, 0) is 126 Å². The molecule has 1 aliphatic heterocycles. The van der Waals surface area contributed by atoms with Gasteiger partial charge in [0.2, 0.25) is 0 Å². The van der Waals surface area contributed by atoms with Gasteiger partial charge in [0.05, 0.1) is 6.10 Å². The number of nitrogens with one attached hydrogen (secondary N) is 1. The third-order valence-electron chi connectivity index (χ3n) is 13.7. The number of rotatable bonds is 12. The van der Waals surface area contributed by atoms with Gasteiger partial charge in [-0.2, -0.15) is 0 Å². The van der Waals surface area contributed by atoms with Crippen molar-refractivity contribution in [3.63, 3.8) is 0 Å². The van der Waals surface area contributed by atoms with E-state index < -0.39 is 5.60 Å². The van der Waals surface area contributed by atoms with E-state index in [0.717, 1.165) is 77.3 Å². The lowest BCUT2D eigenvalue weighted by molar-refractivity contribution is -0.232. The van der Waals surface area contributed by atoms with E-state index in [2.05, 4.69) is 39.9 Å². The van der Waals surface area contributed by atoms with Crippen LogP contribution in [0.2, 0.25) is 0 Å². The summed E-state index contributed by atoms with van der Waals surface area (Å²) >= 11 is 0. The molecule has 5 fully saturated rings. The first kappa shape index (κ1) is 33.6. The van der Waals surface area contributed by atoms with Crippen molar-refractivity contribution in [3.05, 3.63) is 0 Å². The molecule has 0 aromatic heterocycles. The number of fused-ring (bicyclic) bond motifs is 5. The Bertz CT molecular complexity index is 1010. The Balaban J connectivity index is 1.32. The molecular formula is C35H57NO8. The van der Waals surface area contributed by atoms with E-state index in [9.17, 15) is 19.5 Å². The second-order valence-corrected chi connectivity index (χ2v) is 15.8. The van der Waals surface area contributed by atoms with Crippen molar-refractivity contribution in [1.29, 1.82) is 0 Å². The molecule has 1 heterocycles. The highest BCUT2D eigenvalue weighted by Gasteiger charge is 2.67. The minimum Gasteiger partial charge on any atom is -0.465 e. The third kappa shape index (κ3) is 6.18. The maximum absolute atomic E-state index is 13.1. The van der Waals surface area contributed by atoms with E-state index in [-0.39, 0.29) is 71.5 Å². The van der Waals surface area contributed by atoms with Crippen molar-refractivity contribution in [1.82, 2.24) is 5.32 Å². The predicted molar refractivity (Wildman–Crippen MR) is 164 cm³/mol. The van der Waals surface area contributed by atoms with Crippen LogP contribution in [0.3, 0.4) is 0 Å². The Morgan fingerprint density at radius 1 is 1.00 bits per heavy atom. The molecule has 11 atom stereocenters. The second kappa shape index (κ2) is 13.6. The van der Waals surface area contributed by atoms with Gasteiger partial charge in [-0.1, -0.05) is 20.8 Å². The van der Waals surface area contributed by atoms with E-state index in [4.69, 9.17) is 18.9 Å². The number of piperidine rings is 1. The standard InChI is InChI=1S/C35H57NO8/c1-22(6-9-31(40)44-33(2,3)23-11-14-36-15-12-23)26-7-8-27-32-28(18-30(43-21-39)35(26,27)5)34(4)13-10-25(41-19-37)16-24(34)17-29(32)42-20-38/h19-20,22-30,32,36,39H,6-18,21H2,1-5H3/t22-,24+,25?,26-,27+,28+,29?,30?,32+,34+,35-/m1/s1. The Kier molecular flexibility index (Phi) is 10.4. The predicted octanol–water partition coefficient (Wildman–Crippen LogP) is 5.02. The van der Waals surface area contributed by atoms with Gasteiger partial charge in [0, 0.05) is 23.7 Å². The first-order valence-corrected chi connectivity index (χ1v) is 17.3. The van der Waals surface area contributed by atoms with E-state index >= 15 is 0 Å². The quantitative estimate of drug-likeness (QED) is 0.134. The summed E-state index contributed by atoms with van der Waals surface area (Å²) in [6.07, 6.45) is 8.99. The van der Waals surface area contributed by atoms with Crippen LogP contribution in [0.1, 0.15) is 105 Å². The molecule has 0 radical (unpaired) electrons. The molecule has 0 amide bonds. The van der Waals surface area contributed by atoms with Gasteiger partial charge in [0.1, 0.15) is 24.6 Å². The molecule has 0 spiro atoms. The number of carbonyl (C=O) groups is 3. The monoisotopic (exact) mass is 619 g/mol. The summed E-state index contributed by atoms with van der Waals surface area (Å²) in [7, 11) is 0. The second-order valence-electron chi connectivity index (χ2n) is 15.8. The average Bonchev–Trinajstić information content (AvgIpc) is 3.35. The Morgan fingerprint density at radius 2 is 1.73 bits per heavy atom. The maximum Gasteiger partial charge on any atom is 0.306 e. The van der Waals surface area contributed by atoms with E-state index in [0.29, 0.717) is 31.2 Å². The van der Waals surface area contributed by atoms with E-state index in [1.807, 2.05) is 0 Å². The normalized spacial score (nSPS) is 41.4. The average molecular weight is 620 g/mol. The lowest BCUT2D eigenvalue weighted by atomic mass is 9.43. The van der Waals surface area contributed by atoms with Crippen molar-refractivity contribution in [2.75, 3.05) is 19.9 Å². The summed E-state index contributed by atoms with van der Waals surface area (Å²) in [4.78, 5) is 36.0. The Morgan fingerprint density at radius 3 is 2.41 bits per heavy atom. The van der Waals surface area contributed by atoms with Crippen LogP contribution in [0.15, 0.2) is 0 Å². The highest BCUT2D eigenvalue weighted by atomic mass is 16.6. The van der Waals surface area contributed by atoms with Crippen LogP contribution < -0.4 is 5.32 Å². The summed E-state index contributed by atoms with van der Waals surface area (Å²) in [6.45, 7) is 13.9. The zero-order chi connectivity index (χ0) is 31.7. The summed E-state index contributed by atoms with van der Waals surface area (Å²) in [5.74, 6) is 1.89. The minimum atomic E-state index is -0.466. The SMILES string of the molecule is C[C@H](CCC(=O)OC(C)(C)C1CCNCC1)[C@H]1CC[C@H]2[C@@H]3C(OC=O)C[C@@H]4CC(OC=O)CC[C@]4(C)[C@H]3CC(OCO)[C@]12C. The zero-order valence-electron chi connectivity index (χ0n) is 27.6. The zero-order valence-corrected chi connectivity index (χ0v) is 27.6. The van der Waals surface area contributed by atoms with Crippen LogP contribution in [0.4, 0.5) is 0 Å². The fraction of sp³-hybridized carbons (Fsp3) is 0.914. The molecule has 9 heteroatoms. The van der Waals surface area contributed by atoms with Gasteiger partial charge in [-0.25, -0.2) is 0 Å².